The highest BCUT2D eigenvalue weighted by molar-refractivity contribution is 5.83. The van der Waals surface area contributed by atoms with E-state index in [-0.39, 0.29) is 31.5 Å². The predicted octanol–water partition coefficient (Wildman–Crippen LogP) is 2.68. The fraction of sp³-hybridized carbons (Fsp3) is 0.531. The number of rotatable bonds is 23. The second-order valence-electron chi connectivity index (χ2n) is 10.2. The lowest BCUT2D eigenvalue weighted by atomic mass is 9.98. The molecule has 0 saturated carbocycles. The van der Waals surface area contributed by atoms with Crippen LogP contribution >= 0.6 is 0 Å². The first-order chi connectivity index (χ1) is 21.5. The van der Waals surface area contributed by atoms with Gasteiger partial charge in [-0.05, 0) is 48.1 Å². The van der Waals surface area contributed by atoms with Crippen molar-refractivity contribution in [2.24, 2.45) is 5.73 Å². The Morgan fingerprint density at radius 1 is 0.773 bits per heavy atom. The lowest BCUT2D eigenvalue weighted by molar-refractivity contribution is -0.142. The fourth-order valence-corrected chi connectivity index (χ4v) is 4.82. The van der Waals surface area contributed by atoms with Gasteiger partial charge in [-0.2, -0.15) is 0 Å². The molecule has 1 aliphatic carbocycles. The molecule has 0 unspecified atom stereocenters. The van der Waals surface area contributed by atoms with E-state index in [1.54, 1.807) is 0 Å². The molecule has 0 heterocycles. The van der Waals surface area contributed by atoms with Crippen molar-refractivity contribution in [3.63, 3.8) is 0 Å². The molecule has 1 aliphatic rings. The van der Waals surface area contributed by atoms with Gasteiger partial charge < -0.3 is 45.2 Å². The summed E-state index contributed by atoms with van der Waals surface area (Å²) in [6, 6.07) is 15.5. The number of carboxylic acid groups (broad SMARTS) is 1. The zero-order chi connectivity index (χ0) is 31.4. The maximum Gasteiger partial charge on any atom is 0.407 e. The lowest BCUT2D eigenvalue weighted by Gasteiger charge is -2.14. The summed E-state index contributed by atoms with van der Waals surface area (Å²) in [6.45, 7) is 3.81. The third-order valence-electron chi connectivity index (χ3n) is 7.03. The summed E-state index contributed by atoms with van der Waals surface area (Å²) >= 11 is 0. The van der Waals surface area contributed by atoms with E-state index in [0.29, 0.717) is 78.6 Å². The number of carbonyl (C=O) groups excluding carboxylic acids is 2. The van der Waals surface area contributed by atoms with Crippen LogP contribution in [-0.2, 0) is 33.3 Å². The second-order valence-corrected chi connectivity index (χ2v) is 10.2. The van der Waals surface area contributed by atoms with Gasteiger partial charge in [0.2, 0.25) is 5.91 Å². The molecule has 0 fully saturated rings. The number of aliphatic carboxylic acids is 1. The molecule has 0 aromatic heterocycles. The first-order valence-corrected chi connectivity index (χ1v) is 15.1. The summed E-state index contributed by atoms with van der Waals surface area (Å²) in [5.41, 5.74) is 10.1. The molecule has 2 amide bonds. The van der Waals surface area contributed by atoms with Crippen molar-refractivity contribution >= 4 is 18.0 Å². The normalized spacial score (nSPS) is 12.8. The Hall–Kier alpha value is -3.55. The average molecular weight is 616 g/mol. The van der Waals surface area contributed by atoms with Crippen molar-refractivity contribution in [1.29, 1.82) is 0 Å². The van der Waals surface area contributed by atoms with Crippen LogP contribution in [0.25, 0.3) is 11.1 Å². The van der Waals surface area contributed by atoms with Crippen molar-refractivity contribution < 1.29 is 43.2 Å². The lowest BCUT2D eigenvalue weighted by Crippen LogP contribution is -2.41. The number of amides is 2. The van der Waals surface area contributed by atoms with Crippen LogP contribution in [-0.4, -0.2) is 102 Å². The van der Waals surface area contributed by atoms with E-state index >= 15 is 0 Å². The Morgan fingerprint density at radius 3 is 1.89 bits per heavy atom. The number of carboxylic acids is 1. The Kier molecular flexibility index (Phi) is 16.2. The van der Waals surface area contributed by atoms with Gasteiger partial charge in [-0.15, -0.1) is 0 Å². The number of nitrogens with two attached hydrogens (primary N) is 1. The standard InChI is InChI=1S/C32H45N3O9/c33-13-6-5-11-29(31(37)38)35-30(36)12-15-40-17-19-42-21-22-43-20-18-41-16-14-34-32(39)44-23-28-26-9-3-1-7-24(26)25-8-2-4-10-27(25)28/h1-4,7-10,28-29H,5-6,11-23,33H2,(H,34,39)(H,35,36)(H,37,38)/t29-/m0/s1. The minimum absolute atomic E-state index is 0.0216. The number of unbranched alkanes of at least 4 members (excludes halogenated alkanes) is 1. The van der Waals surface area contributed by atoms with Crippen LogP contribution in [0.1, 0.15) is 42.7 Å². The smallest absolute Gasteiger partial charge is 0.407 e. The number of hydrogen-bond acceptors (Lipinski definition) is 9. The summed E-state index contributed by atoms with van der Waals surface area (Å²) in [5.74, 6) is -1.40. The van der Waals surface area contributed by atoms with Gasteiger partial charge in [0.05, 0.1) is 52.9 Å². The van der Waals surface area contributed by atoms with Crippen molar-refractivity contribution in [1.82, 2.24) is 10.6 Å². The third-order valence-corrected chi connectivity index (χ3v) is 7.03. The molecule has 0 radical (unpaired) electrons. The van der Waals surface area contributed by atoms with Crippen LogP contribution in [0.15, 0.2) is 48.5 Å². The highest BCUT2D eigenvalue weighted by Crippen LogP contribution is 2.44. The molecule has 5 N–H and O–H groups in total. The Labute approximate surface area is 258 Å². The van der Waals surface area contributed by atoms with Gasteiger partial charge in [0.15, 0.2) is 0 Å². The molecule has 2 aromatic carbocycles. The van der Waals surface area contributed by atoms with E-state index in [4.69, 9.17) is 29.4 Å². The molecule has 3 rings (SSSR count). The Morgan fingerprint density at radius 2 is 1.32 bits per heavy atom. The monoisotopic (exact) mass is 615 g/mol. The summed E-state index contributed by atoms with van der Waals surface area (Å²) in [4.78, 5) is 35.3. The van der Waals surface area contributed by atoms with Crippen molar-refractivity contribution in [2.75, 3.05) is 72.6 Å². The van der Waals surface area contributed by atoms with Crippen LogP contribution in [0, 0.1) is 0 Å². The molecular formula is C32H45N3O9. The summed E-state index contributed by atoms with van der Waals surface area (Å²) in [7, 11) is 0. The molecule has 44 heavy (non-hydrogen) atoms. The fourth-order valence-electron chi connectivity index (χ4n) is 4.82. The maximum atomic E-state index is 12.2. The van der Waals surface area contributed by atoms with Crippen LogP contribution in [0.5, 0.6) is 0 Å². The van der Waals surface area contributed by atoms with Gasteiger partial charge in [0.1, 0.15) is 12.6 Å². The van der Waals surface area contributed by atoms with E-state index in [2.05, 4.69) is 34.9 Å². The summed E-state index contributed by atoms with van der Waals surface area (Å²) in [5, 5.41) is 14.4. The number of hydrogen-bond donors (Lipinski definition) is 4. The molecule has 0 saturated heterocycles. The van der Waals surface area contributed by atoms with E-state index in [1.807, 2.05) is 24.3 Å². The quantitative estimate of drug-likeness (QED) is 0.136. The van der Waals surface area contributed by atoms with Crippen LogP contribution in [0.2, 0.25) is 0 Å². The van der Waals surface area contributed by atoms with Crippen LogP contribution in [0.4, 0.5) is 4.79 Å². The minimum Gasteiger partial charge on any atom is -0.480 e. The van der Waals surface area contributed by atoms with Crippen molar-refractivity contribution in [3.05, 3.63) is 59.7 Å². The number of nitrogens with one attached hydrogen (secondary N) is 2. The zero-order valence-electron chi connectivity index (χ0n) is 25.2. The molecule has 12 nitrogen and oxygen atoms in total. The summed E-state index contributed by atoms with van der Waals surface area (Å²) in [6.07, 6.45) is 1.30. The van der Waals surface area contributed by atoms with Gasteiger partial charge in [-0.25, -0.2) is 9.59 Å². The topological polar surface area (TPSA) is 168 Å². The van der Waals surface area contributed by atoms with E-state index < -0.39 is 18.1 Å². The zero-order valence-corrected chi connectivity index (χ0v) is 25.2. The number of fused-ring (bicyclic) bond motifs is 3. The number of carbonyl (C=O) groups is 3. The van der Waals surface area contributed by atoms with Crippen molar-refractivity contribution in [3.8, 4) is 11.1 Å². The van der Waals surface area contributed by atoms with Gasteiger partial charge >= 0.3 is 12.1 Å². The van der Waals surface area contributed by atoms with Gasteiger partial charge in [0.25, 0.3) is 0 Å². The predicted molar refractivity (Wildman–Crippen MR) is 163 cm³/mol. The number of benzene rings is 2. The van der Waals surface area contributed by atoms with Gasteiger partial charge in [-0.3, -0.25) is 4.79 Å². The third kappa shape index (κ3) is 12.2. The highest BCUT2D eigenvalue weighted by Gasteiger charge is 2.29. The first-order valence-electron chi connectivity index (χ1n) is 15.1. The largest absolute Gasteiger partial charge is 0.480 e. The summed E-state index contributed by atoms with van der Waals surface area (Å²) < 4.78 is 27.2. The number of alkyl carbamates (subject to hydrolysis) is 1. The maximum absolute atomic E-state index is 12.2. The van der Waals surface area contributed by atoms with Gasteiger partial charge in [0, 0.05) is 18.9 Å². The molecule has 2 aromatic rings. The highest BCUT2D eigenvalue weighted by atomic mass is 16.6. The average Bonchev–Trinajstić information content (AvgIpc) is 3.35. The molecule has 12 heteroatoms. The SMILES string of the molecule is NCCCC[C@H](NC(=O)CCOCCOCCOCCOCCNC(=O)OCC1c2ccccc2-c2ccccc21)C(=O)O. The van der Waals surface area contributed by atoms with E-state index in [0.717, 1.165) is 0 Å². The Bertz CT molecular complexity index is 1120. The number of ether oxygens (including phenoxy) is 5. The van der Waals surface area contributed by atoms with Crippen LogP contribution in [0.3, 0.4) is 0 Å². The molecule has 1 atom stereocenters. The molecule has 0 spiro atoms. The van der Waals surface area contributed by atoms with E-state index in [9.17, 15) is 19.5 Å². The van der Waals surface area contributed by atoms with Crippen molar-refractivity contribution in [2.45, 2.75) is 37.6 Å². The Balaban J connectivity index is 1.10. The van der Waals surface area contributed by atoms with E-state index in [1.165, 1.54) is 22.3 Å². The molecule has 242 valence electrons. The molecule has 0 aliphatic heterocycles. The first kappa shape index (κ1) is 34.9. The molecule has 0 bridgehead atoms. The van der Waals surface area contributed by atoms with Gasteiger partial charge in [-0.1, -0.05) is 48.5 Å². The minimum atomic E-state index is -1.05. The molecular weight excluding hydrogens is 570 g/mol. The van der Waals surface area contributed by atoms with Crippen LogP contribution < -0.4 is 16.4 Å². The second kappa shape index (κ2) is 20.4.